The molecule has 1 amide bonds. The zero-order valence-corrected chi connectivity index (χ0v) is 16.3. The monoisotopic (exact) mass is 380 g/mol. The lowest BCUT2D eigenvalue weighted by atomic mass is 10.1. The number of benzene rings is 2. The van der Waals surface area contributed by atoms with Crippen molar-refractivity contribution in [1.29, 1.82) is 0 Å². The van der Waals surface area contributed by atoms with Gasteiger partial charge in [0, 0.05) is 37.7 Å². The SMILES string of the molecule is COCCN(Cc1cccn1Cc1cccc(C)c1)C(=O)c1cccc(F)c1. The van der Waals surface area contributed by atoms with Crippen molar-refractivity contribution in [3.63, 3.8) is 0 Å². The lowest BCUT2D eigenvalue weighted by molar-refractivity contribution is 0.0675. The molecule has 0 atom stereocenters. The van der Waals surface area contributed by atoms with Crippen molar-refractivity contribution in [2.45, 2.75) is 20.0 Å². The van der Waals surface area contributed by atoms with Crippen LogP contribution in [0.4, 0.5) is 4.39 Å². The molecule has 0 saturated heterocycles. The second-order valence-corrected chi connectivity index (χ2v) is 6.85. The molecule has 3 aromatic rings. The van der Waals surface area contributed by atoms with E-state index in [1.165, 1.54) is 23.3 Å². The quantitative estimate of drug-likeness (QED) is 0.585. The molecule has 4 nitrogen and oxygen atoms in total. The molecule has 0 unspecified atom stereocenters. The third-order valence-corrected chi connectivity index (χ3v) is 4.64. The summed E-state index contributed by atoms with van der Waals surface area (Å²) in [6, 6.07) is 18.2. The third-order valence-electron chi connectivity index (χ3n) is 4.64. The first-order valence-electron chi connectivity index (χ1n) is 9.30. The van der Waals surface area contributed by atoms with Crippen LogP contribution in [0.1, 0.15) is 27.2 Å². The van der Waals surface area contributed by atoms with Gasteiger partial charge in [-0.3, -0.25) is 4.79 Å². The number of nitrogens with zero attached hydrogens (tertiary/aromatic N) is 2. The first-order valence-corrected chi connectivity index (χ1v) is 9.30. The highest BCUT2D eigenvalue weighted by Gasteiger charge is 2.18. The molecular weight excluding hydrogens is 355 g/mol. The number of halogens is 1. The fraction of sp³-hybridized carbons (Fsp3) is 0.261. The minimum absolute atomic E-state index is 0.208. The Hall–Kier alpha value is -2.92. The van der Waals surface area contributed by atoms with Gasteiger partial charge in [-0.05, 0) is 42.8 Å². The standard InChI is InChI=1S/C23H25FN2O2/c1-18-6-3-7-19(14-18)16-25-11-5-10-22(25)17-26(12-13-28-2)23(27)20-8-4-9-21(24)15-20/h3-11,14-15H,12-13,16-17H2,1-2H3. The number of methoxy groups -OCH3 is 1. The summed E-state index contributed by atoms with van der Waals surface area (Å²) >= 11 is 0. The maximum Gasteiger partial charge on any atom is 0.254 e. The van der Waals surface area contributed by atoms with Crippen LogP contribution in [0.5, 0.6) is 0 Å². The molecule has 28 heavy (non-hydrogen) atoms. The van der Waals surface area contributed by atoms with Crippen molar-refractivity contribution in [3.8, 4) is 0 Å². The average Bonchev–Trinajstić information content (AvgIpc) is 3.11. The van der Waals surface area contributed by atoms with Crippen molar-refractivity contribution in [2.75, 3.05) is 20.3 Å². The lowest BCUT2D eigenvalue weighted by Gasteiger charge is -2.23. The molecule has 0 aliphatic heterocycles. The first kappa shape index (κ1) is 19.8. The number of amides is 1. The summed E-state index contributed by atoms with van der Waals surface area (Å²) < 4.78 is 20.9. The molecule has 2 aromatic carbocycles. The topological polar surface area (TPSA) is 34.5 Å². The van der Waals surface area contributed by atoms with Gasteiger partial charge >= 0.3 is 0 Å². The zero-order chi connectivity index (χ0) is 19.9. The number of ether oxygens (including phenoxy) is 1. The van der Waals surface area contributed by atoms with Gasteiger partial charge in [0.25, 0.3) is 5.91 Å². The normalized spacial score (nSPS) is 10.8. The molecule has 0 radical (unpaired) electrons. The highest BCUT2D eigenvalue weighted by molar-refractivity contribution is 5.94. The second kappa shape index (κ2) is 9.33. The van der Waals surface area contributed by atoms with E-state index in [0.717, 1.165) is 12.2 Å². The maximum atomic E-state index is 13.6. The number of carbonyl (C=O) groups is 1. The highest BCUT2D eigenvalue weighted by Crippen LogP contribution is 2.15. The molecule has 3 rings (SSSR count). The fourth-order valence-electron chi connectivity index (χ4n) is 3.21. The Morgan fingerprint density at radius 2 is 1.93 bits per heavy atom. The van der Waals surface area contributed by atoms with E-state index in [-0.39, 0.29) is 5.91 Å². The first-order chi connectivity index (χ1) is 13.6. The van der Waals surface area contributed by atoms with Gasteiger partial charge in [0.1, 0.15) is 5.82 Å². The van der Waals surface area contributed by atoms with Crippen LogP contribution in [0.2, 0.25) is 0 Å². The van der Waals surface area contributed by atoms with Gasteiger partial charge < -0.3 is 14.2 Å². The predicted octanol–water partition coefficient (Wildman–Crippen LogP) is 4.27. The summed E-state index contributed by atoms with van der Waals surface area (Å²) in [5, 5.41) is 0. The molecule has 0 spiro atoms. The predicted molar refractivity (Wildman–Crippen MR) is 108 cm³/mol. The molecule has 5 heteroatoms. The molecule has 0 bridgehead atoms. The Kier molecular flexibility index (Phi) is 6.61. The summed E-state index contributed by atoms with van der Waals surface area (Å²) in [7, 11) is 1.60. The Balaban J connectivity index is 1.80. The van der Waals surface area contributed by atoms with Gasteiger partial charge in [-0.15, -0.1) is 0 Å². The summed E-state index contributed by atoms with van der Waals surface area (Å²) in [5.74, 6) is -0.625. The second-order valence-electron chi connectivity index (χ2n) is 6.85. The number of carbonyl (C=O) groups excluding carboxylic acids is 1. The molecule has 0 N–H and O–H groups in total. The van der Waals surface area contributed by atoms with E-state index in [0.29, 0.717) is 25.3 Å². The van der Waals surface area contributed by atoms with Crippen LogP contribution < -0.4 is 0 Å². The lowest BCUT2D eigenvalue weighted by Crippen LogP contribution is -2.34. The molecule has 0 saturated carbocycles. The number of hydrogen-bond acceptors (Lipinski definition) is 2. The number of aromatic nitrogens is 1. The Morgan fingerprint density at radius 1 is 1.11 bits per heavy atom. The van der Waals surface area contributed by atoms with Crippen LogP contribution in [0, 0.1) is 12.7 Å². The van der Waals surface area contributed by atoms with Gasteiger partial charge in [-0.2, -0.15) is 0 Å². The van der Waals surface area contributed by atoms with E-state index in [1.54, 1.807) is 24.1 Å². The van der Waals surface area contributed by atoms with Crippen LogP contribution in [-0.4, -0.2) is 35.6 Å². The van der Waals surface area contributed by atoms with Crippen molar-refractivity contribution >= 4 is 5.91 Å². The van der Waals surface area contributed by atoms with E-state index in [1.807, 2.05) is 24.4 Å². The Bertz CT molecular complexity index is 936. The van der Waals surface area contributed by atoms with Crippen molar-refractivity contribution in [3.05, 3.63) is 95.1 Å². The van der Waals surface area contributed by atoms with Crippen molar-refractivity contribution < 1.29 is 13.9 Å². The summed E-state index contributed by atoms with van der Waals surface area (Å²) in [6.45, 7) is 4.08. The zero-order valence-electron chi connectivity index (χ0n) is 16.3. The molecule has 146 valence electrons. The van der Waals surface area contributed by atoms with E-state index < -0.39 is 5.82 Å². The number of rotatable bonds is 8. The van der Waals surface area contributed by atoms with E-state index in [4.69, 9.17) is 4.74 Å². The average molecular weight is 380 g/mol. The van der Waals surface area contributed by atoms with Crippen LogP contribution in [0.25, 0.3) is 0 Å². The van der Waals surface area contributed by atoms with Crippen LogP contribution >= 0.6 is 0 Å². The minimum Gasteiger partial charge on any atom is -0.383 e. The number of hydrogen-bond donors (Lipinski definition) is 0. The van der Waals surface area contributed by atoms with E-state index in [2.05, 4.69) is 29.7 Å². The molecular formula is C23H25FN2O2. The van der Waals surface area contributed by atoms with Crippen molar-refractivity contribution in [1.82, 2.24) is 9.47 Å². The molecule has 0 aliphatic carbocycles. The van der Waals surface area contributed by atoms with Crippen molar-refractivity contribution in [2.24, 2.45) is 0 Å². The molecule has 1 aromatic heterocycles. The highest BCUT2D eigenvalue weighted by atomic mass is 19.1. The summed E-state index contributed by atoms with van der Waals surface area (Å²) in [4.78, 5) is 14.6. The van der Waals surface area contributed by atoms with Gasteiger partial charge in [0.2, 0.25) is 0 Å². The van der Waals surface area contributed by atoms with E-state index in [9.17, 15) is 9.18 Å². The Labute approximate surface area is 165 Å². The molecule has 0 aliphatic rings. The van der Waals surface area contributed by atoms with Crippen LogP contribution in [0.15, 0.2) is 66.9 Å². The largest absolute Gasteiger partial charge is 0.383 e. The van der Waals surface area contributed by atoms with Gasteiger partial charge in [-0.25, -0.2) is 4.39 Å². The molecule has 0 fully saturated rings. The van der Waals surface area contributed by atoms with Gasteiger partial charge in [-0.1, -0.05) is 35.9 Å². The minimum atomic E-state index is -0.416. The Morgan fingerprint density at radius 3 is 2.68 bits per heavy atom. The fourth-order valence-corrected chi connectivity index (χ4v) is 3.21. The number of aryl methyl sites for hydroxylation is 1. The molecule has 1 heterocycles. The summed E-state index contributed by atoms with van der Waals surface area (Å²) in [5.41, 5.74) is 3.78. The van der Waals surface area contributed by atoms with Crippen LogP contribution in [-0.2, 0) is 17.8 Å². The van der Waals surface area contributed by atoms with E-state index >= 15 is 0 Å². The third kappa shape index (κ3) is 5.08. The van der Waals surface area contributed by atoms with Gasteiger partial charge in [0.05, 0.1) is 13.2 Å². The summed E-state index contributed by atoms with van der Waals surface area (Å²) in [6.07, 6.45) is 2.01. The maximum absolute atomic E-state index is 13.6. The smallest absolute Gasteiger partial charge is 0.254 e. The van der Waals surface area contributed by atoms with Crippen LogP contribution in [0.3, 0.4) is 0 Å². The van der Waals surface area contributed by atoms with Gasteiger partial charge in [0.15, 0.2) is 0 Å².